The maximum atomic E-state index is 12.6. The van der Waals surface area contributed by atoms with E-state index in [2.05, 4.69) is 15.3 Å². The Morgan fingerprint density at radius 1 is 1.13 bits per heavy atom. The van der Waals surface area contributed by atoms with E-state index in [9.17, 15) is 4.79 Å². The minimum Gasteiger partial charge on any atom is -0.321 e. The van der Waals surface area contributed by atoms with Crippen LogP contribution in [0.25, 0.3) is 10.6 Å². The maximum Gasteiger partial charge on any atom is 0.267 e. The molecule has 2 heterocycles. The van der Waals surface area contributed by atoms with Crippen molar-refractivity contribution in [2.75, 3.05) is 5.32 Å². The van der Waals surface area contributed by atoms with E-state index in [1.807, 2.05) is 51.1 Å². The zero-order valence-corrected chi connectivity index (χ0v) is 14.1. The maximum absolute atomic E-state index is 12.6. The number of thiazole rings is 1. The SMILES string of the molecule is Cc1cccc(NC(=O)c2sc(-c3cccnc3)nc2C)c1C. The highest BCUT2D eigenvalue weighted by Crippen LogP contribution is 2.28. The van der Waals surface area contributed by atoms with Gasteiger partial charge in [-0.05, 0) is 50.1 Å². The predicted molar refractivity (Wildman–Crippen MR) is 94.0 cm³/mol. The molecule has 23 heavy (non-hydrogen) atoms. The fourth-order valence-corrected chi connectivity index (χ4v) is 3.24. The van der Waals surface area contributed by atoms with Gasteiger partial charge in [0.25, 0.3) is 5.91 Å². The zero-order chi connectivity index (χ0) is 16.4. The molecule has 0 saturated heterocycles. The molecule has 0 atom stereocenters. The van der Waals surface area contributed by atoms with Crippen LogP contribution in [-0.4, -0.2) is 15.9 Å². The summed E-state index contributed by atoms with van der Waals surface area (Å²) < 4.78 is 0. The summed E-state index contributed by atoms with van der Waals surface area (Å²) in [5.74, 6) is -0.121. The van der Waals surface area contributed by atoms with Gasteiger partial charge in [0.2, 0.25) is 0 Å². The van der Waals surface area contributed by atoms with E-state index in [-0.39, 0.29) is 5.91 Å². The van der Waals surface area contributed by atoms with Gasteiger partial charge < -0.3 is 5.32 Å². The minimum atomic E-state index is -0.121. The van der Waals surface area contributed by atoms with Gasteiger partial charge in [-0.25, -0.2) is 4.98 Å². The van der Waals surface area contributed by atoms with E-state index in [4.69, 9.17) is 0 Å². The summed E-state index contributed by atoms with van der Waals surface area (Å²) in [4.78, 5) is 21.8. The molecule has 0 aliphatic carbocycles. The van der Waals surface area contributed by atoms with E-state index in [1.54, 1.807) is 12.4 Å². The summed E-state index contributed by atoms with van der Waals surface area (Å²) in [6.07, 6.45) is 3.47. The first-order chi connectivity index (χ1) is 11.1. The summed E-state index contributed by atoms with van der Waals surface area (Å²) in [5, 5.41) is 3.80. The normalized spacial score (nSPS) is 10.6. The molecular weight excluding hydrogens is 306 g/mol. The van der Waals surface area contributed by atoms with Crippen LogP contribution in [0, 0.1) is 20.8 Å². The molecule has 1 aromatic carbocycles. The molecule has 0 aliphatic rings. The molecule has 116 valence electrons. The first kappa shape index (κ1) is 15.4. The fourth-order valence-electron chi connectivity index (χ4n) is 2.29. The van der Waals surface area contributed by atoms with E-state index in [1.165, 1.54) is 11.3 Å². The molecule has 0 saturated carbocycles. The molecule has 3 rings (SSSR count). The van der Waals surface area contributed by atoms with Gasteiger partial charge in [-0.1, -0.05) is 12.1 Å². The van der Waals surface area contributed by atoms with Gasteiger partial charge in [0.15, 0.2) is 0 Å². The molecule has 0 radical (unpaired) electrons. The molecule has 1 N–H and O–H groups in total. The Morgan fingerprint density at radius 2 is 1.96 bits per heavy atom. The largest absolute Gasteiger partial charge is 0.321 e. The van der Waals surface area contributed by atoms with Crippen LogP contribution in [0.15, 0.2) is 42.7 Å². The average molecular weight is 323 g/mol. The van der Waals surface area contributed by atoms with Crippen molar-refractivity contribution in [1.82, 2.24) is 9.97 Å². The van der Waals surface area contributed by atoms with E-state index in [0.717, 1.165) is 33.1 Å². The second kappa shape index (κ2) is 6.30. The van der Waals surface area contributed by atoms with Crippen LogP contribution < -0.4 is 5.32 Å². The summed E-state index contributed by atoms with van der Waals surface area (Å²) in [6, 6.07) is 9.69. The first-order valence-electron chi connectivity index (χ1n) is 7.31. The smallest absolute Gasteiger partial charge is 0.267 e. The standard InChI is InChI=1S/C18H17N3OS/c1-11-6-4-8-15(12(11)2)21-17(22)16-13(3)20-18(23-16)14-7-5-9-19-10-14/h4-10H,1-3H3,(H,21,22). The number of rotatable bonds is 3. The molecule has 0 spiro atoms. The second-order valence-electron chi connectivity index (χ2n) is 5.38. The van der Waals surface area contributed by atoms with Crippen LogP contribution in [0.2, 0.25) is 0 Å². The van der Waals surface area contributed by atoms with Crippen LogP contribution in [0.5, 0.6) is 0 Å². The summed E-state index contributed by atoms with van der Waals surface area (Å²) in [5.41, 5.74) is 4.73. The molecule has 2 aromatic heterocycles. The Kier molecular flexibility index (Phi) is 4.21. The fraction of sp³-hybridized carbons (Fsp3) is 0.167. The number of hydrogen-bond donors (Lipinski definition) is 1. The molecule has 0 fully saturated rings. The van der Waals surface area contributed by atoms with E-state index < -0.39 is 0 Å². The van der Waals surface area contributed by atoms with Gasteiger partial charge >= 0.3 is 0 Å². The minimum absolute atomic E-state index is 0.121. The van der Waals surface area contributed by atoms with Crippen molar-refractivity contribution in [2.24, 2.45) is 0 Å². The van der Waals surface area contributed by atoms with E-state index >= 15 is 0 Å². The second-order valence-corrected chi connectivity index (χ2v) is 6.38. The van der Waals surface area contributed by atoms with Crippen molar-refractivity contribution in [3.63, 3.8) is 0 Å². The number of carbonyl (C=O) groups excluding carboxylic acids is 1. The number of aryl methyl sites for hydroxylation is 2. The monoisotopic (exact) mass is 323 g/mol. The van der Waals surface area contributed by atoms with Gasteiger partial charge in [-0.15, -0.1) is 11.3 Å². The van der Waals surface area contributed by atoms with Crippen molar-refractivity contribution in [2.45, 2.75) is 20.8 Å². The third-order valence-electron chi connectivity index (χ3n) is 3.76. The van der Waals surface area contributed by atoms with Crippen molar-refractivity contribution in [3.05, 3.63) is 64.4 Å². The molecule has 0 aliphatic heterocycles. The van der Waals surface area contributed by atoms with Crippen LogP contribution in [0.4, 0.5) is 5.69 Å². The number of pyridine rings is 1. The van der Waals surface area contributed by atoms with Gasteiger partial charge in [0, 0.05) is 23.6 Å². The van der Waals surface area contributed by atoms with Crippen LogP contribution in [0.3, 0.4) is 0 Å². The number of aromatic nitrogens is 2. The molecule has 1 amide bonds. The highest BCUT2D eigenvalue weighted by Gasteiger charge is 2.17. The highest BCUT2D eigenvalue weighted by molar-refractivity contribution is 7.17. The van der Waals surface area contributed by atoms with Crippen LogP contribution in [-0.2, 0) is 0 Å². The van der Waals surface area contributed by atoms with Crippen molar-refractivity contribution in [3.8, 4) is 10.6 Å². The molecule has 0 bridgehead atoms. The van der Waals surface area contributed by atoms with Crippen molar-refractivity contribution < 1.29 is 4.79 Å². The van der Waals surface area contributed by atoms with Crippen LogP contribution >= 0.6 is 11.3 Å². The quantitative estimate of drug-likeness (QED) is 0.778. The first-order valence-corrected chi connectivity index (χ1v) is 8.13. The zero-order valence-electron chi connectivity index (χ0n) is 13.3. The summed E-state index contributed by atoms with van der Waals surface area (Å²) in [7, 11) is 0. The Hall–Kier alpha value is -2.53. The molecule has 4 nitrogen and oxygen atoms in total. The lowest BCUT2D eigenvalue weighted by Gasteiger charge is -2.09. The van der Waals surface area contributed by atoms with Gasteiger partial charge in [0.1, 0.15) is 9.88 Å². The Morgan fingerprint density at radius 3 is 2.70 bits per heavy atom. The Balaban J connectivity index is 1.89. The lowest BCUT2D eigenvalue weighted by atomic mass is 10.1. The third kappa shape index (κ3) is 3.14. The molecule has 3 aromatic rings. The predicted octanol–water partition coefficient (Wildman–Crippen LogP) is 4.38. The van der Waals surface area contributed by atoms with Crippen LogP contribution in [0.1, 0.15) is 26.5 Å². The lowest BCUT2D eigenvalue weighted by Crippen LogP contribution is -2.12. The third-order valence-corrected chi connectivity index (χ3v) is 4.97. The summed E-state index contributed by atoms with van der Waals surface area (Å²) >= 11 is 1.39. The molecular formula is C18H17N3OS. The highest BCUT2D eigenvalue weighted by atomic mass is 32.1. The van der Waals surface area contributed by atoms with Gasteiger partial charge in [-0.2, -0.15) is 0 Å². The number of anilines is 1. The van der Waals surface area contributed by atoms with Crippen molar-refractivity contribution in [1.29, 1.82) is 0 Å². The number of nitrogens with zero attached hydrogens (tertiary/aromatic N) is 2. The average Bonchev–Trinajstić information content (AvgIpc) is 2.95. The van der Waals surface area contributed by atoms with Crippen molar-refractivity contribution >= 4 is 22.9 Å². The Labute approximate surface area is 139 Å². The van der Waals surface area contributed by atoms with Gasteiger partial charge in [-0.3, -0.25) is 9.78 Å². The molecule has 0 unspecified atom stereocenters. The number of nitrogens with one attached hydrogen (secondary N) is 1. The Bertz CT molecular complexity index is 856. The number of amides is 1. The van der Waals surface area contributed by atoms with E-state index in [0.29, 0.717) is 4.88 Å². The number of carbonyl (C=O) groups is 1. The molecule has 5 heteroatoms. The summed E-state index contributed by atoms with van der Waals surface area (Å²) in [6.45, 7) is 5.89. The lowest BCUT2D eigenvalue weighted by molar-refractivity contribution is 0.102. The van der Waals surface area contributed by atoms with Gasteiger partial charge in [0.05, 0.1) is 5.69 Å². The number of hydrogen-bond acceptors (Lipinski definition) is 4. The topological polar surface area (TPSA) is 54.9 Å². The number of benzene rings is 1.